The fourth-order valence-electron chi connectivity index (χ4n) is 1.24. The number of nitrogen functional groups attached to an aromatic ring is 1. The van der Waals surface area contributed by atoms with Crippen molar-refractivity contribution in [3.63, 3.8) is 0 Å². The molecule has 0 aliphatic carbocycles. The van der Waals surface area contributed by atoms with Gasteiger partial charge in [-0.2, -0.15) is 13.2 Å². The van der Waals surface area contributed by atoms with Crippen molar-refractivity contribution in [1.29, 1.82) is 0 Å². The Morgan fingerprint density at radius 2 is 2.00 bits per heavy atom. The molecule has 0 aliphatic rings. The third-order valence-corrected chi connectivity index (χ3v) is 2.61. The van der Waals surface area contributed by atoms with Gasteiger partial charge in [0, 0.05) is 11.9 Å². The molecule has 0 radical (unpaired) electrons. The summed E-state index contributed by atoms with van der Waals surface area (Å²) in [7, 11) is 0. The number of pyridine rings is 1. The number of hydrogen-bond acceptors (Lipinski definition) is 3. The van der Waals surface area contributed by atoms with Crippen LogP contribution < -0.4 is 5.73 Å². The molecule has 0 aromatic carbocycles. The van der Waals surface area contributed by atoms with E-state index in [1.807, 2.05) is 0 Å². The van der Waals surface area contributed by atoms with Crippen molar-refractivity contribution in [2.24, 2.45) is 0 Å². The van der Waals surface area contributed by atoms with E-state index in [-0.39, 0.29) is 6.61 Å². The van der Waals surface area contributed by atoms with E-state index in [0.717, 1.165) is 12.5 Å². The highest BCUT2D eigenvalue weighted by Gasteiger charge is 2.37. The van der Waals surface area contributed by atoms with Crippen molar-refractivity contribution in [3.05, 3.63) is 23.0 Å². The van der Waals surface area contributed by atoms with Gasteiger partial charge in [0.25, 0.3) is 0 Å². The molecule has 2 N–H and O–H groups in total. The second kappa shape index (κ2) is 4.91. The Morgan fingerprint density at radius 1 is 1.41 bits per heavy atom. The Bertz CT molecular complexity index is 404. The third-order valence-electron chi connectivity index (χ3n) is 2.61. The zero-order valence-corrected chi connectivity index (χ0v) is 9.93. The summed E-state index contributed by atoms with van der Waals surface area (Å²) in [6, 6.07) is 0. The summed E-state index contributed by atoms with van der Waals surface area (Å²) in [5.74, 6) is 0. The summed E-state index contributed by atoms with van der Waals surface area (Å²) in [6.45, 7) is 4.27. The molecule has 0 saturated heterocycles. The van der Waals surface area contributed by atoms with Crippen LogP contribution in [0.4, 0.5) is 18.9 Å². The molecule has 0 bridgehead atoms. The number of aryl methyl sites for hydroxylation is 1. The number of nitrogens with zero attached hydrogens (tertiary/aromatic N) is 1. The SMILES string of the molecule is Cc1cnc(COC(C)C(F)(F)F)c(C)c1N. The van der Waals surface area contributed by atoms with Crippen LogP contribution in [0.25, 0.3) is 0 Å². The average Bonchev–Trinajstić information content (AvgIpc) is 2.23. The summed E-state index contributed by atoms with van der Waals surface area (Å²) in [6.07, 6.45) is -4.64. The predicted octanol–water partition coefficient (Wildman–Crippen LogP) is 2.75. The Hall–Kier alpha value is -1.30. The molecule has 1 aromatic heterocycles. The molecule has 1 unspecified atom stereocenters. The Balaban J connectivity index is 2.74. The van der Waals surface area contributed by atoms with E-state index in [1.165, 1.54) is 6.20 Å². The van der Waals surface area contributed by atoms with Crippen molar-refractivity contribution in [1.82, 2.24) is 4.98 Å². The first-order chi connectivity index (χ1) is 7.73. The van der Waals surface area contributed by atoms with Crippen molar-refractivity contribution in [2.45, 2.75) is 39.7 Å². The van der Waals surface area contributed by atoms with Gasteiger partial charge >= 0.3 is 6.18 Å². The van der Waals surface area contributed by atoms with Crippen LogP contribution >= 0.6 is 0 Å². The van der Waals surface area contributed by atoms with Crippen LogP contribution in [0.1, 0.15) is 23.7 Å². The monoisotopic (exact) mass is 248 g/mol. The summed E-state index contributed by atoms with van der Waals surface area (Å²) >= 11 is 0. The van der Waals surface area contributed by atoms with Gasteiger partial charge in [0.1, 0.15) is 0 Å². The van der Waals surface area contributed by atoms with Gasteiger partial charge in [0.15, 0.2) is 6.10 Å². The zero-order chi connectivity index (χ0) is 13.2. The molecular formula is C11H15F3N2O. The van der Waals surface area contributed by atoms with E-state index in [4.69, 9.17) is 10.5 Å². The maximum absolute atomic E-state index is 12.2. The maximum atomic E-state index is 12.2. The van der Waals surface area contributed by atoms with Crippen LogP contribution in [0.2, 0.25) is 0 Å². The fraction of sp³-hybridized carbons (Fsp3) is 0.545. The van der Waals surface area contributed by atoms with Crippen molar-refractivity contribution in [3.8, 4) is 0 Å². The van der Waals surface area contributed by atoms with Crippen molar-refractivity contribution in [2.75, 3.05) is 5.73 Å². The third kappa shape index (κ3) is 3.33. The summed E-state index contributed by atoms with van der Waals surface area (Å²) in [5, 5.41) is 0. The first-order valence-corrected chi connectivity index (χ1v) is 5.12. The van der Waals surface area contributed by atoms with Gasteiger partial charge in [0.05, 0.1) is 12.3 Å². The van der Waals surface area contributed by atoms with Gasteiger partial charge in [-0.3, -0.25) is 4.98 Å². The number of rotatable bonds is 3. The van der Waals surface area contributed by atoms with E-state index in [1.54, 1.807) is 13.8 Å². The quantitative estimate of drug-likeness (QED) is 0.894. The molecule has 0 fully saturated rings. The number of aromatic nitrogens is 1. The molecular weight excluding hydrogens is 233 g/mol. The van der Waals surface area contributed by atoms with Crippen LogP contribution in [0.3, 0.4) is 0 Å². The maximum Gasteiger partial charge on any atom is 0.414 e. The molecule has 0 amide bonds. The molecule has 1 aromatic rings. The highest BCUT2D eigenvalue weighted by molar-refractivity contribution is 5.53. The van der Waals surface area contributed by atoms with E-state index in [2.05, 4.69) is 4.98 Å². The Morgan fingerprint density at radius 3 is 2.53 bits per heavy atom. The number of alkyl halides is 3. The predicted molar refractivity (Wildman–Crippen MR) is 58.4 cm³/mol. The van der Waals surface area contributed by atoms with Crippen molar-refractivity contribution >= 4 is 5.69 Å². The van der Waals surface area contributed by atoms with E-state index in [0.29, 0.717) is 16.9 Å². The summed E-state index contributed by atoms with van der Waals surface area (Å²) in [4.78, 5) is 4.02. The molecule has 96 valence electrons. The molecule has 0 aliphatic heterocycles. The number of halogens is 3. The van der Waals surface area contributed by atoms with Gasteiger partial charge < -0.3 is 10.5 Å². The molecule has 0 spiro atoms. The van der Waals surface area contributed by atoms with Gasteiger partial charge in [-0.15, -0.1) is 0 Å². The molecule has 1 heterocycles. The second-order valence-corrected chi connectivity index (χ2v) is 3.92. The van der Waals surface area contributed by atoms with Crippen LogP contribution in [0.5, 0.6) is 0 Å². The highest BCUT2D eigenvalue weighted by Crippen LogP contribution is 2.24. The van der Waals surface area contributed by atoms with E-state index in [9.17, 15) is 13.2 Å². The van der Waals surface area contributed by atoms with E-state index < -0.39 is 12.3 Å². The number of hydrogen-bond donors (Lipinski definition) is 1. The number of anilines is 1. The lowest BCUT2D eigenvalue weighted by Gasteiger charge is -2.17. The fourth-order valence-corrected chi connectivity index (χ4v) is 1.24. The van der Waals surface area contributed by atoms with E-state index >= 15 is 0 Å². The Kier molecular flexibility index (Phi) is 3.98. The largest absolute Gasteiger partial charge is 0.414 e. The lowest BCUT2D eigenvalue weighted by molar-refractivity contribution is -0.217. The van der Waals surface area contributed by atoms with Gasteiger partial charge in [-0.25, -0.2) is 0 Å². The lowest BCUT2D eigenvalue weighted by atomic mass is 10.1. The highest BCUT2D eigenvalue weighted by atomic mass is 19.4. The molecule has 1 rings (SSSR count). The van der Waals surface area contributed by atoms with Crippen molar-refractivity contribution < 1.29 is 17.9 Å². The summed E-state index contributed by atoms with van der Waals surface area (Å²) < 4.78 is 41.4. The lowest BCUT2D eigenvalue weighted by Crippen LogP contribution is -2.28. The molecule has 1 atom stereocenters. The molecule has 0 saturated carbocycles. The first-order valence-electron chi connectivity index (χ1n) is 5.12. The topological polar surface area (TPSA) is 48.1 Å². The smallest absolute Gasteiger partial charge is 0.398 e. The minimum Gasteiger partial charge on any atom is -0.398 e. The van der Waals surface area contributed by atoms with Gasteiger partial charge in [-0.1, -0.05) is 0 Å². The van der Waals surface area contributed by atoms with Crippen LogP contribution in [0.15, 0.2) is 6.20 Å². The molecule has 17 heavy (non-hydrogen) atoms. The summed E-state index contributed by atoms with van der Waals surface area (Å²) in [5.41, 5.74) is 8.20. The van der Waals surface area contributed by atoms with Crippen LogP contribution in [0, 0.1) is 13.8 Å². The van der Waals surface area contributed by atoms with Gasteiger partial charge in [0.2, 0.25) is 0 Å². The molecule has 6 heteroatoms. The standard InChI is InChI=1S/C11H15F3N2O/c1-6-4-16-9(7(2)10(6)15)5-17-8(3)11(12,13)14/h4,8H,5H2,1-3H3,(H2,15,16). The Labute approximate surface area is 97.8 Å². The van der Waals surface area contributed by atoms with Crippen LogP contribution in [-0.4, -0.2) is 17.3 Å². The minimum atomic E-state index is -4.36. The molecule has 3 nitrogen and oxygen atoms in total. The first kappa shape index (κ1) is 13.8. The number of nitrogens with two attached hydrogens (primary N) is 1. The minimum absolute atomic E-state index is 0.197. The van der Waals surface area contributed by atoms with Crippen LogP contribution in [-0.2, 0) is 11.3 Å². The normalized spacial score (nSPS) is 13.8. The van der Waals surface area contributed by atoms with Gasteiger partial charge in [-0.05, 0) is 31.9 Å². The second-order valence-electron chi connectivity index (χ2n) is 3.92. The number of ether oxygens (including phenoxy) is 1. The zero-order valence-electron chi connectivity index (χ0n) is 9.93. The average molecular weight is 248 g/mol.